The quantitative estimate of drug-likeness (QED) is 0.848. The summed E-state index contributed by atoms with van der Waals surface area (Å²) >= 11 is 3.34. The third kappa shape index (κ3) is 2.64. The van der Waals surface area contributed by atoms with Crippen LogP contribution in [0.5, 0.6) is 0 Å². The van der Waals surface area contributed by atoms with Crippen molar-refractivity contribution >= 4 is 23.1 Å². The van der Waals surface area contributed by atoms with E-state index < -0.39 is 0 Å². The van der Waals surface area contributed by atoms with Crippen LogP contribution in [0.4, 0.5) is 0 Å². The van der Waals surface area contributed by atoms with Crippen molar-refractivity contribution in [3.63, 3.8) is 0 Å². The largest absolute Gasteiger partial charge is 0.396 e. The van der Waals surface area contributed by atoms with Crippen molar-refractivity contribution in [2.24, 2.45) is 0 Å². The molecule has 4 heteroatoms. The Kier molecular flexibility index (Phi) is 3.98. The zero-order chi connectivity index (χ0) is 11.4. The molecule has 2 aromatic rings. The van der Waals surface area contributed by atoms with Crippen LogP contribution >= 0.6 is 23.1 Å². The summed E-state index contributed by atoms with van der Waals surface area (Å²) < 4.78 is 0. The molecule has 0 bridgehead atoms. The van der Waals surface area contributed by atoms with Gasteiger partial charge in [0, 0.05) is 28.9 Å². The molecule has 0 aliphatic heterocycles. The molecule has 0 saturated carbocycles. The van der Waals surface area contributed by atoms with E-state index in [0.29, 0.717) is 6.42 Å². The first-order valence-electron chi connectivity index (χ1n) is 5.03. The maximum absolute atomic E-state index is 8.83. The highest BCUT2D eigenvalue weighted by atomic mass is 32.2. The summed E-state index contributed by atoms with van der Waals surface area (Å²) in [4.78, 5) is 5.74. The molecule has 1 aromatic heterocycles. The number of aliphatic hydroxyl groups excluding tert-OH is 1. The molecule has 0 atom stereocenters. The highest BCUT2D eigenvalue weighted by Gasteiger charge is 2.03. The Bertz CT molecular complexity index is 450. The van der Waals surface area contributed by atoms with Crippen molar-refractivity contribution in [3.8, 4) is 11.3 Å². The van der Waals surface area contributed by atoms with Gasteiger partial charge in [-0.3, -0.25) is 0 Å². The maximum Gasteiger partial charge on any atom is 0.0955 e. The Hall–Kier alpha value is -0.840. The topological polar surface area (TPSA) is 33.1 Å². The van der Waals surface area contributed by atoms with Gasteiger partial charge in [0.05, 0.1) is 10.7 Å². The van der Waals surface area contributed by atoms with Crippen LogP contribution in [0.15, 0.2) is 34.5 Å². The van der Waals surface area contributed by atoms with Gasteiger partial charge in [-0.1, -0.05) is 12.1 Å². The fraction of sp³-hybridized carbons (Fsp3) is 0.250. The van der Waals surface area contributed by atoms with Crippen molar-refractivity contribution in [1.82, 2.24) is 4.98 Å². The van der Waals surface area contributed by atoms with Gasteiger partial charge in [0.1, 0.15) is 0 Å². The first-order chi connectivity index (χ1) is 7.83. The van der Waals surface area contributed by atoms with Crippen LogP contribution in [0.1, 0.15) is 5.01 Å². The molecular formula is C12H13NOS2. The second kappa shape index (κ2) is 5.48. The van der Waals surface area contributed by atoms with Crippen molar-refractivity contribution in [2.75, 3.05) is 12.9 Å². The second-order valence-electron chi connectivity index (χ2n) is 3.33. The Labute approximate surface area is 103 Å². The van der Waals surface area contributed by atoms with Crippen molar-refractivity contribution in [1.29, 1.82) is 0 Å². The number of aliphatic hydroxyl groups is 1. The molecule has 2 rings (SSSR count). The lowest BCUT2D eigenvalue weighted by Gasteiger charge is -1.98. The summed E-state index contributed by atoms with van der Waals surface area (Å²) in [5.74, 6) is 0. The summed E-state index contributed by atoms with van der Waals surface area (Å²) in [5.41, 5.74) is 2.14. The van der Waals surface area contributed by atoms with Crippen LogP contribution in [0.25, 0.3) is 11.3 Å². The monoisotopic (exact) mass is 251 g/mol. The summed E-state index contributed by atoms with van der Waals surface area (Å²) in [5, 5.41) is 11.9. The van der Waals surface area contributed by atoms with E-state index in [2.05, 4.69) is 35.5 Å². The average molecular weight is 251 g/mol. The molecule has 84 valence electrons. The van der Waals surface area contributed by atoms with Crippen LogP contribution in [0.3, 0.4) is 0 Å². The number of hydrogen-bond acceptors (Lipinski definition) is 4. The SMILES string of the molecule is CSc1ccc(-c2csc(CCO)n2)cc1. The van der Waals surface area contributed by atoms with Gasteiger partial charge in [-0.2, -0.15) is 0 Å². The number of rotatable bonds is 4. The molecule has 0 fully saturated rings. The molecule has 0 unspecified atom stereocenters. The molecule has 1 heterocycles. The van der Waals surface area contributed by atoms with Gasteiger partial charge >= 0.3 is 0 Å². The van der Waals surface area contributed by atoms with E-state index in [4.69, 9.17) is 5.11 Å². The van der Waals surface area contributed by atoms with Gasteiger partial charge in [0.2, 0.25) is 0 Å². The molecule has 0 spiro atoms. The van der Waals surface area contributed by atoms with Crippen molar-refractivity contribution < 1.29 is 5.11 Å². The number of aromatic nitrogens is 1. The van der Waals surface area contributed by atoms with Gasteiger partial charge in [0.15, 0.2) is 0 Å². The third-order valence-electron chi connectivity index (χ3n) is 2.26. The fourth-order valence-electron chi connectivity index (χ4n) is 1.42. The first kappa shape index (κ1) is 11.6. The maximum atomic E-state index is 8.83. The number of thioether (sulfide) groups is 1. The Morgan fingerprint density at radius 3 is 2.69 bits per heavy atom. The molecule has 0 radical (unpaired) electrons. The smallest absolute Gasteiger partial charge is 0.0955 e. The van der Waals surface area contributed by atoms with Crippen LogP contribution in [0.2, 0.25) is 0 Å². The van der Waals surface area contributed by atoms with Gasteiger partial charge in [-0.15, -0.1) is 23.1 Å². The van der Waals surface area contributed by atoms with Crippen LogP contribution in [-0.2, 0) is 6.42 Å². The highest BCUT2D eigenvalue weighted by Crippen LogP contribution is 2.24. The van der Waals surface area contributed by atoms with E-state index >= 15 is 0 Å². The molecule has 0 aliphatic rings. The van der Waals surface area contributed by atoms with Gasteiger partial charge in [0.25, 0.3) is 0 Å². The molecule has 0 saturated heterocycles. The predicted molar refractivity (Wildman–Crippen MR) is 70.1 cm³/mol. The number of thiazole rings is 1. The lowest BCUT2D eigenvalue weighted by molar-refractivity contribution is 0.299. The molecule has 1 N–H and O–H groups in total. The van der Waals surface area contributed by atoms with E-state index in [1.807, 2.05) is 5.38 Å². The van der Waals surface area contributed by atoms with E-state index in [9.17, 15) is 0 Å². The lowest BCUT2D eigenvalue weighted by Crippen LogP contribution is -1.89. The van der Waals surface area contributed by atoms with E-state index in [-0.39, 0.29) is 6.61 Å². The van der Waals surface area contributed by atoms with E-state index in [1.165, 1.54) is 4.90 Å². The molecule has 2 nitrogen and oxygen atoms in total. The molecule has 0 aliphatic carbocycles. The minimum Gasteiger partial charge on any atom is -0.396 e. The van der Waals surface area contributed by atoms with Gasteiger partial charge in [-0.25, -0.2) is 4.98 Å². The molecule has 1 aromatic carbocycles. The fourth-order valence-corrected chi connectivity index (χ4v) is 2.62. The molecule has 0 amide bonds. The zero-order valence-electron chi connectivity index (χ0n) is 9.01. The standard InChI is InChI=1S/C12H13NOS2/c1-15-10-4-2-9(3-5-10)11-8-16-12(13-11)6-7-14/h2-5,8,14H,6-7H2,1H3. The summed E-state index contributed by atoms with van der Waals surface area (Å²) in [6, 6.07) is 8.38. The normalized spacial score (nSPS) is 10.6. The lowest BCUT2D eigenvalue weighted by atomic mass is 10.2. The Morgan fingerprint density at radius 1 is 1.31 bits per heavy atom. The minimum atomic E-state index is 0.165. The highest BCUT2D eigenvalue weighted by molar-refractivity contribution is 7.98. The van der Waals surface area contributed by atoms with Crippen LogP contribution < -0.4 is 0 Å². The Balaban J connectivity index is 2.21. The summed E-state index contributed by atoms with van der Waals surface area (Å²) in [6.07, 6.45) is 2.71. The van der Waals surface area contributed by atoms with Gasteiger partial charge in [-0.05, 0) is 18.4 Å². The third-order valence-corrected chi connectivity index (χ3v) is 3.92. The number of benzene rings is 1. The Morgan fingerprint density at radius 2 is 2.06 bits per heavy atom. The first-order valence-corrected chi connectivity index (χ1v) is 7.13. The van der Waals surface area contributed by atoms with E-state index in [1.54, 1.807) is 23.1 Å². The van der Waals surface area contributed by atoms with E-state index in [0.717, 1.165) is 16.3 Å². The van der Waals surface area contributed by atoms with Crippen molar-refractivity contribution in [2.45, 2.75) is 11.3 Å². The molecule has 16 heavy (non-hydrogen) atoms. The van der Waals surface area contributed by atoms with Crippen LogP contribution in [0, 0.1) is 0 Å². The summed E-state index contributed by atoms with van der Waals surface area (Å²) in [6.45, 7) is 0.165. The predicted octanol–water partition coefficient (Wildman–Crippen LogP) is 3.07. The minimum absolute atomic E-state index is 0.165. The second-order valence-corrected chi connectivity index (χ2v) is 5.15. The van der Waals surface area contributed by atoms with Gasteiger partial charge < -0.3 is 5.11 Å². The average Bonchev–Trinajstić information content (AvgIpc) is 2.78. The summed E-state index contributed by atoms with van der Waals surface area (Å²) in [7, 11) is 0. The number of nitrogens with zero attached hydrogens (tertiary/aromatic N) is 1. The molecular weight excluding hydrogens is 238 g/mol. The van der Waals surface area contributed by atoms with Crippen molar-refractivity contribution in [3.05, 3.63) is 34.7 Å². The van der Waals surface area contributed by atoms with Crippen LogP contribution in [-0.4, -0.2) is 23.0 Å². The zero-order valence-corrected chi connectivity index (χ0v) is 10.6. The number of hydrogen-bond donors (Lipinski definition) is 1.